The van der Waals surface area contributed by atoms with E-state index >= 15 is 0 Å². The van der Waals surface area contributed by atoms with E-state index in [-0.39, 0.29) is 0 Å². The summed E-state index contributed by atoms with van der Waals surface area (Å²) in [5.41, 5.74) is 5.94. The molecule has 0 saturated heterocycles. The summed E-state index contributed by atoms with van der Waals surface area (Å²) < 4.78 is 5.51. The lowest BCUT2D eigenvalue weighted by Gasteiger charge is -2.06. The van der Waals surface area contributed by atoms with Crippen molar-refractivity contribution >= 4 is 5.82 Å². The molecule has 1 aromatic heterocycles. The number of nitrogen functional groups attached to an aromatic ring is 1. The van der Waals surface area contributed by atoms with Crippen LogP contribution in [0, 0.1) is 11.3 Å². The molecule has 0 aliphatic rings. The van der Waals surface area contributed by atoms with Crippen LogP contribution in [0.2, 0.25) is 0 Å². The van der Waals surface area contributed by atoms with Crippen molar-refractivity contribution in [1.82, 2.24) is 4.98 Å². The highest BCUT2D eigenvalue weighted by Crippen LogP contribution is 2.24. The van der Waals surface area contributed by atoms with Gasteiger partial charge >= 0.3 is 0 Å². The van der Waals surface area contributed by atoms with Crippen molar-refractivity contribution in [3.63, 3.8) is 0 Å². The van der Waals surface area contributed by atoms with Crippen molar-refractivity contribution in [1.29, 1.82) is 5.26 Å². The van der Waals surface area contributed by atoms with Crippen molar-refractivity contribution in [3.8, 4) is 17.6 Å². The Balaban J connectivity index is 2.27. The maximum atomic E-state index is 8.87. The molecule has 0 bridgehead atoms. The van der Waals surface area contributed by atoms with Crippen LogP contribution in [-0.2, 0) is 0 Å². The molecule has 2 N–H and O–H groups in total. The first-order chi connectivity index (χ1) is 7.79. The van der Waals surface area contributed by atoms with Crippen LogP contribution in [0.1, 0.15) is 5.56 Å². The van der Waals surface area contributed by atoms with Crippen LogP contribution in [0.3, 0.4) is 0 Å². The molecule has 0 aliphatic carbocycles. The lowest BCUT2D eigenvalue weighted by molar-refractivity contribution is 0.479. The number of aromatic nitrogens is 1. The minimum Gasteiger partial charge on any atom is -0.454 e. The number of pyridine rings is 1. The molecule has 16 heavy (non-hydrogen) atoms. The molecule has 0 saturated carbocycles. The normalized spacial score (nSPS) is 9.44. The number of hydrogen-bond donors (Lipinski definition) is 1. The van der Waals surface area contributed by atoms with Crippen LogP contribution < -0.4 is 10.5 Å². The molecule has 2 rings (SSSR count). The maximum Gasteiger partial charge on any atom is 0.145 e. The summed E-state index contributed by atoms with van der Waals surface area (Å²) >= 11 is 0. The zero-order valence-electron chi connectivity index (χ0n) is 8.42. The molecule has 0 amide bonds. The average molecular weight is 211 g/mol. The molecular formula is C12H9N3O. The lowest BCUT2D eigenvalue weighted by atomic mass is 10.2. The van der Waals surface area contributed by atoms with Crippen LogP contribution in [0.4, 0.5) is 5.82 Å². The fourth-order valence-electron chi connectivity index (χ4n) is 1.23. The molecule has 2 aromatic rings. The Labute approximate surface area is 92.9 Å². The molecule has 1 heterocycles. The molecule has 78 valence electrons. The summed E-state index contributed by atoms with van der Waals surface area (Å²) in [4.78, 5) is 3.90. The van der Waals surface area contributed by atoms with Crippen molar-refractivity contribution in [2.24, 2.45) is 0 Å². The van der Waals surface area contributed by atoms with Gasteiger partial charge in [0.25, 0.3) is 0 Å². The summed E-state index contributed by atoms with van der Waals surface area (Å²) in [5.74, 6) is 1.49. The van der Waals surface area contributed by atoms with Gasteiger partial charge in [0, 0.05) is 0 Å². The summed E-state index contributed by atoms with van der Waals surface area (Å²) in [6, 6.07) is 12.4. The molecule has 4 nitrogen and oxygen atoms in total. The van der Waals surface area contributed by atoms with Crippen molar-refractivity contribution in [2.45, 2.75) is 0 Å². The van der Waals surface area contributed by atoms with Gasteiger partial charge in [-0.05, 0) is 24.3 Å². The Morgan fingerprint density at radius 1 is 1.19 bits per heavy atom. The smallest absolute Gasteiger partial charge is 0.145 e. The van der Waals surface area contributed by atoms with Crippen molar-refractivity contribution in [3.05, 3.63) is 48.2 Å². The SMILES string of the molecule is N#Cc1ccccc1Oc1ccc(N)nc1. The van der Waals surface area contributed by atoms with E-state index in [2.05, 4.69) is 11.1 Å². The highest BCUT2D eigenvalue weighted by molar-refractivity contribution is 5.45. The van der Waals surface area contributed by atoms with E-state index in [1.165, 1.54) is 6.20 Å². The predicted octanol–water partition coefficient (Wildman–Crippen LogP) is 2.33. The molecule has 1 aromatic carbocycles. The fourth-order valence-corrected chi connectivity index (χ4v) is 1.23. The van der Waals surface area contributed by atoms with E-state index in [1.807, 2.05) is 0 Å². The number of nitriles is 1. The summed E-state index contributed by atoms with van der Waals surface area (Å²) in [7, 11) is 0. The van der Waals surface area contributed by atoms with Crippen LogP contribution in [0.5, 0.6) is 11.5 Å². The highest BCUT2D eigenvalue weighted by atomic mass is 16.5. The first-order valence-electron chi connectivity index (χ1n) is 4.68. The summed E-state index contributed by atoms with van der Waals surface area (Å²) in [6.07, 6.45) is 1.52. The van der Waals surface area contributed by atoms with E-state index in [4.69, 9.17) is 15.7 Å². The standard InChI is InChI=1S/C12H9N3O/c13-7-9-3-1-2-4-11(9)16-10-5-6-12(14)15-8-10/h1-6,8H,(H2,14,15). The van der Waals surface area contributed by atoms with Crippen LogP contribution in [-0.4, -0.2) is 4.98 Å². The lowest BCUT2D eigenvalue weighted by Crippen LogP contribution is -1.91. The van der Waals surface area contributed by atoms with Crippen LogP contribution in [0.15, 0.2) is 42.6 Å². The molecule has 0 fully saturated rings. The van der Waals surface area contributed by atoms with Gasteiger partial charge in [-0.3, -0.25) is 0 Å². The second kappa shape index (κ2) is 4.32. The Kier molecular flexibility index (Phi) is 2.70. The van der Waals surface area contributed by atoms with Crippen LogP contribution >= 0.6 is 0 Å². The number of nitrogens with zero attached hydrogens (tertiary/aromatic N) is 2. The third-order valence-electron chi connectivity index (χ3n) is 1.99. The number of nitrogens with two attached hydrogens (primary N) is 1. The Bertz CT molecular complexity index is 529. The average Bonchev–Trinajstić information content (AvgIpc) is 2.33. The molecule has 4 heteroatoms. The van der Waals surface area contributed by atoms with Gasteiger partial charge in [-0.1, -0.05) is 12.1 Å². The Morgan fingerprint density at radius 2 is 2.00 bits per heavy atom. The zero-order valence-corrected chi connectivity index (χ0v) is 8.42. The Hall–Kier alpha value is -2.54. The molecule has 0 aliphatic heterocycles. The van der Waals surface area contributed by atoms with E-state index in [1.54, 1.807) is 36.4 Å². The Morgan fingerprint density at radius 3 is 2.69 bits per heavy atom. The van der Waals surface area contributed by atoms with Crippen molar-refractivity contribution in [2.75, 3.05) is 5.73 Å². The van der Waals surface area contributed by atoms with E-state index in [0.29, 0.717) is 22.9 Å². The molecular weight excluding hydrogens is 202 g/mol. The molecule has 0 unspecified atom stereocenters. The van der Waals surface area contributed by atoms with E-state index in [9.17, 15) is 0 Å². The second-order valence-corrected chi connectivity index (χ2v) is 3.13. The van der Waals surface area contributed by atoms with Gasteiger partial charge in [-0.15, -0.1) is 0 Å². The molecule has 0 radical (unpaired) electrons. The van der Waals surface area contributed by atoms with Gasteiger partial charge < -0.3 is 10.5 Å². The largest absolute Gasteiger partial charge is 0.454 e. The zero-order chi connectivity index (χ0) is 11.4. The van der Waals surface area contributed by atoms with Crippen molar-refractivity contribution < 1.29 is 4.74 Å². The minimum atomic E-state index is 0.431. The summed E-state index contributed by atoms with van der Waals surface area (Å²) in [6.45, 7) is 0. The number of para-hydroxylation sites is 1. The van der Waals surface area contributed by atoms with Crippen LogP contribution in [0.25, 0.3) is 0 Å². The predicted molar refractivity (Wildman–Crippen MR) is 59.9 cm³/mol. The minimum absolute atomic E-state index is 0.431. The highest BCUT2D eigenvalue weighted by Gasteiger charge is 2.03. The maximum absolute atomic E-state index is 8.87. The van der Waals surface area contributed by atoms with Gasteiger partial charge in [0.05, 0.1) is 11.8 Å². The molecule has 0 atom stereocenters. The van der Waals surface area contributed by atoms with Gasteiger partial charge in [0.2, 0.25) is 0 Å². The number of ether oxygens (including phenoxy) is 1. The fraction of sp³-hybridized carbons (Fsp3) is 0. The number of rotatable bonds is 2. The van der Waals surface area contributed by atoms with Gasteiger partial charge in [-0.2, -0.15) is 5.26 Å². The third-order valence-corrected chi connectivity index (χ3v) is 1.99. The number of benzene rings is 1. The quantitative estimate of drug-likeness (QED) is 0.827. The first kappa shape index (κ1) is 9.99. The number of anilines is 1. The van der Waals surface area contributed by atoms with Gasteiger partial charge in [-0.25, -0.2) is 4.98 Å². The number of hydrogen-bond acceptors (Lipinski definition) is 4. The van der Waals surface area contributed by atoms with E-state index < -0.39 is 0 Å². The second-order valence-electron chi connectivity index (χ2n) is 3.13. The van der Waals surface area contributed by atoms with Gasteiger partial charge in [0.1, 0.15) is 23.4 Å². The molecule has 0 spiro atoms. The monoisotopic (exact) mass is 211 g/mol. The topological polar surface area (TPSA) is 71.9 Å². The first-order valence-corrected chi connectivity index (χ1v) is 4.68. The van der Waals surface area contributed by atoms with Gasteiger partial charge in [0.15, 0.2) is 0 Å². The third kappa shape index (κ3) is 2.10. The van der Waals surface area contributed by atoms with E-state index in [0.717, 1.165) is 0 Å². The summed E-state index contributed by atoms with van der Waals surface area (Å²) in [5, 5.41) is 8.87.